The van der Waals surface area contributed by atoms with Crippen molar-refractivity contribution < 1.29 is 18.8 Å². The summed E-state index contributed by atoms with van der Waals surface area (Å²) in [7, 11) is 0. The molecule has 1 N–H and O–H groups in total. The van der Waals surface area contributed by atoms with E-state index in [1.165, 1.54) is 6.92 Å². The van der Waals surface area contributed by atoms with Crippen LogP contribution in [0.15, 0.2) is 10.6 Å². The maximum absolute atomic E-state index is 11.9. The molecule has 1 aliphatic rings. The lowest BCUT2D eigenvalue weighted by Crippen LogP contribution is -2.43. The van der Waals surface area contributed by atoms with Crippen molar-refractivity contribution in [2.24, 2.45) is 0 Å². The van der Waals surface area contributed by atoms with E-state index in [4.69, 9.17) is 9.26 Å². The Morgan fingerprint density at radius 3 is 2.70 bits per heavy atom. The Bertz CT molecular complexity index is 525. The normalized spacial score (nSPS) is 15.4. The average Bonchev–Trinajstić information content (AvgIpc) is 2.93. The van der Waals surface area contributed by atoms with Crippen LogP contribution in [0.4, 0.5) is 5.82 Å². The monoisotopic (exact) mass is 324 g/mol. The SMILES string of the molecule is CC(=O)N(CCC(=O)Nc1cc(C)on1)CCN1CCOCC1. The third-order valence-electron chi connectivity index (χ3n) is 3.74. The molecule has 8 heteroatoms. The minimum absolute atomic E-state index is 0.0247. The van der Waals surface area contributed by atoms with Gasteiger partial charge in [0, 0.05) is 52.1 Å². The number of hydrogen-bond donors (Lipinski definition) is 1. The minimum atomic E-state index is -0.184. The van der Waals surface area contributed by atoms with E-state index in [0.29, 0.717) is 24.7 Å². The zero-order valence-electron chi connectivity index (χ0n) is 13.7. The summed E-state index contributed by atoms with van der Waals surface area (Å²) >= 11 is 0. The Labute approximate surface area is 135 Å². The molecule has 1 aliphatic heterocycles. The van der Waals surface area contributed by atoms with Gasteiger partial charge in [0.1, 0.15) is 5.76 Å². The van der Waals surface area contributed by atoms with Crippen molar-refractivity contribution in [3.05, 3.63) is 11.8 Å². The lowest BCUT2D eigenvalue weighted by atomic mass is 10.3. The van der Waals surface area contributed by atoms with Crippen LogP contribution in [0, 0.1) is 6.92 Å². The molecule has 0 unspecified atom stereocenters. The Morgan fingerprint density at radius 1 is 1.35 bits per heavy atom. The number of aromatic nitrogens is 1. The van der Waals surface area contributed by atoms with Crippen LogP contribution >= 0.6 is 0 Å². The number of morpholine rings is 1. The molecule has 0 bridgehead atoms. The number of rotatable bonds is 7. The molecule has 0 aromatic carbocycles. The second-order valence-electron chi connectivity index (χ2n) is 5.58. The highest BCUT2D eigenvalue weighted by molar-refractivity contribution is 5.90. The van der Waals surface area contributed by atoms with E-state index in [0.717, 1.165) is 32.8 Å². The van der Waals surface area contributed by atoms with Gasteiger partial charge >= 0.3 is 0 Å². The number of anilines is 1. The lowest BCUT2D eigenvalue weighted by Gasteiger charge is -2.29. The minimum Gasteiger partial charge on any atom is -0.379 e. The number of nitrogens with one attached hydrogen (secondary N) is 1. The first-order valence-electron chi connectivity index (χ1n) is 7.83. The van der Waals surface area contributed by atoms with Gasteiger partial charge in [-0.1, -0.05) is 5.16 Å². The predicted octanol–water partition coefficient (Wildman–Crippen LogP) is 0.492. The van der Waals surface area contributed by atoms with Crippen molar-refractivity contribution in [3.63, 3.8) is 0 Å². The molecule has 2 amide bonds. The van der Waals surface area contributed by atoms with Crippen LogP contribution in [0.3, 0.4) is 0 Å². The molecule has 2 heterocycles. The van der Waals surface area contributed by atoms with E-state index < -0.39 is 0 Å². The molecule has 23 heavy (non-hydrogen) atoms. The highest BCUT2D eigenvalue weighted by atomic mass is 16.5. The average molecular weight is 324 g/mol. The van der Waals surface area contributed by atoms with Crippen LogP contribution in [-0.2, 0) is 14.3 Å². The van der Waals surface area contributed by atoms with Crippen molar-refractivity contribution in [3.8, 4) is 0 Å². The van der Waals surface area contributed by atoms with Gasteiger partial charge in [0.05, 0.1) is 13.2 Å². The Balaban J connectivity index is 1.72. The van der Waals surface area contributed by atoms with Crippen molar-refractivity contribution >= 4 is 17.6 Å². The first-order valence-corrected chi connectivity index (χ1v) is 7.83. The van der Waals surface area contributed by atoms with Gasteiger partial charge in [-0.25, -0.2) is 0 Å². The maximum atomic E-state index is 11.9. The van der Waals surface area contributed by atoms with E-state index in [9.17, 15) is 9.59 Å². The molecule has 1 aromatic heterocycles. The zero-order chi connectivity index (χ0) is 16.7. The summed E-state index contributed by atoms with van der Waals surface area (Å²) in [6, 6.07) is 1.65. The summed E-state index contributed by atoms with van der Waals surface area (Å²) in [5.41, 5.74) is 0. The van der Waals surface area contributed by atoms with Gasteiger partial charge < -0.3 is 19.5 Å². The topological polar surface area (TPSA) is 87.9 Å². The van der Waals surface area contributed by atoms with Crippen molar-refractivity contribution in [1.29, 1.82) is 0 Å². The van der Waals surface area contributed by atoms with Gasteiger partial charge in [-0.15, -0.1) is 0 Å². The highest BCUT2D eigenvalue weighted by Crippen LogP contribution is 2.07. The molecule has 8 nitrogen and oxygen atoms in total. The number of aryl methyl sites for hydroxylation is 1. The second kappa shape index (κ2) is 8.64. The Morgan fingerprint density at radius 2 is 2.09 bits per heavy atom. The fraction of sp³-hybridized carbons (Fsp3) is 0.667. The standard InChI is InChI=1S/C15H24N4O4/c1-12-11-14(17-23-12)16-15(21)3-4-19(13(2)20)6-5-18-7-9-22-10-8-18/h11H,3-10H2,1-2H3,(H,16,17,21). The molecule has 1 fully saturated rings. The first-order chi connectivity index (χ1) is 11.0. The Kier molecular flexibility index (Phi) is 6.54. The van der Waals surface area contributed by atoms with E-state index in [1.807, 2.05) is 0 Å². The number of amides is 2. The second-order valence-corrected chi connectivity index (χ2v) is 5.58. The summed E-state index contributed by atoms with van der Waals surface area (Å²) in [6.07, 6.45) is 0.231. The molecule has 0 saturated carbocycles. The third kappa shape index (κ3) is 5.99. The van der Waals surface area contributed by atoms with E-state index in [1.54, 1.807) is 17.9 Å². The van der Waals surface area contributed by atoms with Crippen LogP contribution < -0.4 is 5.32 Å². The predicted molar refractivity (Wildman–Crippen MR) is 84.0 cm³/mol. The van der Waals surface area contributed by atoms with Gasteiger partial charge in [0.2, 0.25) is 11.8 Å². The summed E-state index contributed by atoms with van der Waals surface area (Å²) in [6.45, 7) is 8.33. The molecule has 0 aliphatic carbocycles. The van der Waals surface area contributed by atoms with Gasteiger partial charge in [-0.05, 0) is 6.92 Å². The molecule has 1 saturated heterocycles. The summed E-state index contributed by atoms with van der Waals surface area (Å²) in [4.78, 5) is 27.6. The quantitative estimate of drug-likeness (QED) is 0.785. The smallest absolute Gasteiger partial charge is 0.227 e. The summed E-state index contributed by atoms with van der Waals surface area (Å²) in [5.74, 6) is 0.825. The van der Waals surface area contributed by atoms with E-state index >= 15 is 0 Å². The highest BCUT2D eigenvalue weighted by Gasteiger charge is 2.15. The fourth-order valence-corrected chi connectivity index (χ4v) is 2.38. The largest absolute Gasteiger partial charge is 0.379 e. The fourth-order valence-electron chi connectivity index (χ4n) is 2.38. The molecule has 0 radical (unpaired) electrons. The molecule has 1 aromatic rings. The summed E-state index contributed by atoms with van der Waals surface area (Å²) in [5, 5.41) is 6.36. The lowest BCUT2D eigenvalue weighted by molar-refractivity contribution is -0.129. The number of ether oxygens (including phenoxy) is 1. The summed E-state index contributed by atoms with van der Waals surface area (Å²) < 4.78 is 10.2. The van der Waals surface area contributed by atoms with Crippen LogP contribution in [0.2, 0.25) is 0 Å². The van der Waals surface area contributed by atoms with Crippen LogP contribution in [0.5, 0.6) is 0 Å². The van der Waals surface area contributed by atoms with Crippen LogP contribution in [-0.4, -0.2) is 72.7 Å². The molecule has 2 rings (SSSR count). The van der Waals surface area contributed by atoms with Gasteiger partial charge in [0.15, 0.2) is 5.82 Å². The van der Waals surface area contributed by atoms with E-state index in [2.05, 4.69) is 15.4 Å². The maximum Gasteiger partial charge on any atom is 0.227 e. The number of hydrogen-bond acceptors (Lipinski definition) is 6. The van der Waals surface area contributed by atoms with Crippen LogP contribution in [0.1, 0.15) is 19.1 Å². The first kappa shape index (κ1) is 17.4. The third-order valence-corrected chi connectivity index (χ3v) is 3.74. The molecular weight excluding hydrogens is 300 g/mol. The van der Waals surface area contributed by atoms with Crippen molar-refractivity contribution in [2.45, 2.75) is 20.3 Å². The number of carbonyl (C=O) groups excluding carboxylic acids is 2. The van der Waals surface area contributed by atoms with Crippen molar-refractivity contribution in [1.82, 2.24) is 15.0 Å². The van der Waals surface area contributed by atoms with Gasteiger partial charge in [-0.2, -0.15) is 0 Å². The number of carbonyl (C=O) groups is 2. The Hall–Kier alpha value is -1.93. The molecule has 0 spiro atoms. The van der Waals surface area contributed by atoms with E-state index in [-0.39, 0.29) is 18.2 Å². The van der Waals surface area contributed by atoms with Gasteiger partial charge in [-0.3, -0.25) is 14.5 Å². The molecule has 0 atom stereocenters. The number of nitrogens with zero attached hydrogens (tertiary/aromatic N) is 3. The van der Waals surface area contributed by atoms with Crippen molar-refractivity contribution in [2.75, 3.05) is 51.3 Å². The van der Waals surface area contributed by atoms with Gasteiger partial charge in [0.25, 0.3) is 0 Å². The molecule has 128 valence electrons. The molecular formula is C15H24N4O4. The van der Waals surface area contributed by atoms with Crippen LogP contribution in [0.25, 0.3) is 0 Å². The zero-order valence-corrected chi connectivity index (χ0v) is 13.7.